The van der Waals surface area contributed by atoms with Crippen molar-refractivity contribution in [3.05, 3.63) is 26.6 Å². The van der Waals surface area contributed by atoms with Gasteiger partial charge < -0.3 is 5.11 Å². The number of hydrogen-bond acceptors (Lipinski definition) is 4. The zero-order valence-corrected chi connectivity index (χ0v) is 15.5. The van der Waals surface area contributed by atoms with E-state index >= 15 is 0 Å². The minimum Gasteiger partial charge on any atom is -0.481 e. The molecule has 0 aliphatic heterocycles. The molecule has 0 spiro atoms. The molecule has 1 aliphatic rings. The fourth-order valence-corrected chi connectivity index (χ4v) is 4.75. The highest BCUT2D eigenvalue weighted by molar-refractivity contribution is 7.18. The highest BCUT2D eigenvalue weighted by atomic mass is 32.1. The van der Waals surface area contributed by atoms with Crippen LogP contribution in [0, 0.1) is 11.3 Å². The molecule has 1 N–H and O–H groups in total. The van der Waals surface area contributed by atoms with Crippen LogP contribution in [0.15, 0.2) is 4.79 Å². The third-order valence-electron chi connectivity index (χ3n) is 4.94. The van der Waals surface area contributed by atoms with Crippen LogP contribution in [0.1, 0.15) is 50.4 Å². The molecule has 1 unspecified atom stereocenters. The van der Waals surface area contributed by atoms with Crippen molar-refractivity contribution >= 4 is 27.5 Å². The molecular weight excluding hydrogens is 324 g/mol. The fraction of sp³-hybridized carbons (Fsp3) is 0.611. The standard InChI is InChI=1S/C18H24N2O3S/c1-5-13-19-15-14(11-7-6-10(2)8-12(11)24-15)16(21)20(13)9-18(3,4)17(22)23/h10H,5-9H2,1-4H3,(H,22,23). The second-order valence-corrected chi connectivity index (χ2v) is 8.58. The van der Waals surface area contributed by atoms with Crippen molar-refractivity contribution in [2.75, 3.05) is 0 Å². The molecule has 0 saturated heterocycles. The molecule has 6 heteroatoms. The number of fused-ring (bicyclic) bond motifs is 3. The van der Waals surface area contributed by atoms with Crippen LogP contribution in [-0.4, -0.2) is 20.6 Å². The van der Waals surface area contributed by atoms with Crippen molar-refractivity contribution in [2.45, 2.75) is 59.9 Å². The molecule has 2 heterocycles. The Morgan fingerprint density at radius 1 is 1.46 bits per heavy atom. The lowest BCUT2D eigenvalue weighted by atomic mass is 9.89. The summed E-state index contributed by atoms with van der Waals surface area (Å²) in [4.78, 5) is 31.5. The SMILES string of the molecule is CCc1nc2sc3c(c2c(=O)n1CC(C)(C)C(=O)O)CCC(C)C3. The van der Waals surface area contributed by atoms with Crippen LogP contribution < -0.4 is 5.56 Å². The maximum Gasteiger partial charge on any atom is 0.310 e. The Morgan fingerprint density at radius 3 is 2.79 bits per heavy atom. The largest absolute Gasteiger partial charge is 0.481 e. The molecule has 0 radical (unpaired) electrons. The van der Waals surface area contributed by atoms with Crippen molar-refractivity contribution in [3.8, 4) is 0 Å². The lowest BCUT2D eigenvalue weighted by molar-refractivity contribution is -0.147. The van der Waals surface area contributed by atoms with Gasteiger partial charge in [0.25, 0.3) is 5.56 Å². The van der Waals surface area contributed by atoms with Gasteiger partial charge in [0.15, 0.2) is 0 Å². The summed E-state index contributed by atoms with van der Waals surface area (Å²) in [5.41, 5.74) is 0.0709. The summed E-state index contributed by atoms with van der Waals surface area (Å²) in [5.74, 6) is 0.413. The predicted molar refractivity (Wildman–Crippen MR) is 95.9 cm³/mol. The van der Waals surface area contributed by atoms with Crippen molar-refractivity contribution in [3.63, 3.8) is 0 Å². The van der Waals surface area contributed by atoms with Gasteiger partial charge in [0.05, 0.1) is 10.8 Å². The highest BCUT2D eigenvalue weighted by Gasteiger charge is 2.31. The van der Waals surface area contributed by atoms with E-state index in [2.05, 4.69) is 6.92 Å². The molecular formula is C18H24N2O3S. The van der Waals surface area contributed by atoms with Crippen LogP contribution in [0.3, 0.4) is 0 Å². The maximum absolute atomic E-state index is 13.2. The van der Waals surface area contributed by atoms with E-state index in [9.17, 15) is 14.7 Å². The lowest BCUT2D eigenvalue weighted by Crippen LogP contribution is -2.36. The Balaban J connectivity index is 2.21. The average Bonchev–Trinajstić information content (AvgIpc) is 2.86. The topological polar surface area (TPSA) is 72.2 Å². The number of aliphatic carboxylic acids is 1. The van der Waals surface area contributed by atoms with Crippen LogP contribution in [-0.2, 0) is 30.6 Å². The maximum atomic E-state index is 13.2. The molecule has 0 bridgehead atoms. The molecule has 3 rings (SSSR count). The number of aromatic nitrogens is 2. The third kappa shape index (κ3) is 2.77. The van der Waals surface area contributed by atoms with E-state index in [0.717, 1.165) is 35.0 Å². The summed E-state index contributed by atoms with van der Waals surface area (Å²) in [6.45, 7) is 7.64. The molecule has 0 fully saturated rings. The van der Waals surface area contributed by atoms with Gasteiger partial charge in [0.2, 0.25) is 0 Å². The number of thiophene rings is 1. The van der Waals surface area contributed by atoms with Gasteiger partial charge in [0.1, 0.15) is 10.7 Å². The van der Waals surface area contributed by atoms with Crippen LogP contribution in [0.2, 0.25) is 0 Å². The molecule has 0 aromatic carbocycles. The number of carboxylic acid groups (broad SMARTS) is 1. The Kier molecular flexibility index (Phi) is 4.28. The second-order valence-electron chi connectivity index (χ2n) is 7.49. The van der Waals surface area contributed by atoms with Crippen LogP contribution in [0.4, 0.5) is 0 Å². The van der Waals surface area contributed by atoms with E-state index in [4.69, 9.17) is 4.98 Å². The summed E-state index contributed by atoms with van der Waals surface area (Å²) in [5, 5.41) is 10.1. The van der Waals surface area contributed by atoms with E-state index in [1.54, 1.807) is 29.8 Å². The molecule has 1 atom stereocenters. The molecule has 0 saturated carbocycles. The monoisotopic (exact) mass is 348 g/mol. The number of carboxylic acids is 1. The predicted octanol–water partition coefficient (Wildman–Crippen LogP) is 3.26. The first-order valence-corrected chi connectivity index (χ1v) is 9.33. The first-order valence-electron chi connectivity index (χ1n) is 8.52. The second kappa shape index (κ2) is 5.99. The summed E-state index contributed by atoms with van der Waals surface area (Å²) in [7, 11) is 0. The molecule has 1 aliphatic carbocycles. The van der Waals surface area contributed by atoms with Gasteiger partial charge in [-0.25, -0.2) is 4.98 Å². The van der Waals surface area contributed by atoms with Crippen LogP contribution >= 0.6 is 11.3 Å². The Bertz CT molecular complexity index is 863. The molecule has 24 heavy (non-hydrogen) atoms. The number of hydrogen-bond donors (Lipinski definition) is 1. The fourth-order valence-electron chi connectivity index (χ4n) is 3.36. The van der Waals surface area contributed by atoms with Gasteiger partial charge in [-0.1, -0.05) is 13.8 Å². The van der Waals surface area contributed by atoms with Crippen molar-refractivity contribution in [2.24, 2.45) is 11.3 Å². The molecule has 2 aromatic heterocycles. The first-order chi connectivity index (χ1) is 11.2. The van der Waals surface area contributed by atoms with Gasteiger partial charge in [-0.2, -0.15) is 0 Å². The number of aryl methyl sites for hydroxylation is 2. The van der Waals surface area contributed by atoms with Crippen molar-refractivity contribution < 1.29 is 9.90 Å². The molecule has 5 nitrogen and oxygen atoms in total. The normalized spacial score (nSPS) is 17.9. The minimum atomic E-state index is -1.01. The Labute approximate surface area is 145 Å². The summed E-state index contributed by atoms with van der Waals surface area (Å²) >= 11 is 1.64. The van der Waals surface area contributed by atoms with E-state index < -0.39 is 11.4 Å². The van der Waals surface area contributed by atoms with Crippen LogP contribution in [0.5, 0.6) is 0 Å². The summed E-state index contributed by atoms with van der Waals surface area (Å²) in [6, 6.07) is 0. The quantitative estimate of drug-likeness (QED) is 0.920. The molecule has 130 valence electrons. The lowest BCUT2D eigenvalue weighted by Gasteiger charge is -2.22. The average molecular weight is 348 g/mol. The van der Waals surface area contributed by atoms with Gasteiger partial charge in [-0.15, -0.1) is 11.3 Å². The zero-order chi connectivity index (χ0) is 17.6. The van der Waals surface area contributed by atoms with E-state index in [1.165, 1.54) is 4.88 Å². The van der Waals surface area contributed by atoms with Crippen molar-refractivity contribution in [1.82, 2.24) is 9.55 Å². The smallest absolute Gasteiger partial charge is 0.310 e. The number of nitrogens with zero attached hydrogens (tertiary/aromatic N) is 2. The van der Waals surface area contributed by atoms with Gasteiger partial charge >= 0.3 is 5.97 Å². The van der Waals surface area contributed by atoms with Crippen LogP contribution in [0.25, 0.3) is 10.2 Å². The summed E-state index contributed by atoms with van der Waals surface area (Å²) in [6.07, 6.45) is 3.63. The van der Waals surface area contributed by atoms with Gasteiger partial charge in [-0.05, 0) is 44.6 Å². The highest BCUT2D eigenvalue weighted by Crippen LogP contribution is 2.36. The molecule has 0 amide bonds. The first kappa shape index (κ1) is 17.1. The number of carbonyl (C=O) groups is 1. The van der Waals surface area contributed by atoms with E-state index in [0.29, 0.717) is 18.2 Å². The molecule has 2 aromatic rings. The third-order valence-corrected chi connectivity index (χ3v) is 6.09. The Morgan fingerprint density at radius 2 is 2.17 bits per heavy atom. The van der Waals surface area contributed by atoms with Crippen molar-refractivity contribution in [1.29, 1.82) is 0 Å². The Hall–Kier alpha value is -1.69. The van der Waals surface area contributed by atoms with Gasteiger partial charge in [0, 0.05) is 17.8 Å². The zero-order valence-electron chi connectivity index (χ0n) is 14.7. The minimum absolute atomic E-state index is 0.0711. The summed E-state index contributed by atoms with van der Waals surface area (Å²) < 4.78 is 1.58. The number of rotatable bonds is 4. The van der Waals surface area contributed by atoms with E-state index in [-0.39, 0.29) is 12.1 Å². The van der Waals surface area contributed by atoms with Gasteiger partial charge in [-0.3, -0.25) is 14.2 Å². The van der Waals surface area contributed by atoms with E-state index in [1.807, 2.05) is 6.92 Å².